The molecule has 0 heterocycles. The van der Waals surface area contributed by atoms with Gasteiger partial charge in [-0.3, -0.25) is 4.79 Å². The molecule has 0 aromatic carbocycles. The lowest BCUT2D eigenvalue weighted by molar-refractivity contribution is -0.121. The highest BCUT2D eigenvalue weighted by Gasteiger charge is 2.13. The van der Waals surface area contributed by atoms with Gasteiger partial charge in [-0.15, -0.1) is 0 Å². The van der Waals surface area contributed by atoms with Gasteiger partial charge in [-0.1, -0.05) is 46.5 Å². The highest BCUT2D eigenvalue weighted by molar-refractivity contribution is 7.99. The Labute approximate surface area is 111 Å². The average Bonchev–Trinajstić information content (AvgIpc) is 2.35. The van der Waals surface area contributed by atoms with Gasteiger partial charge < -0.3 is 5.32 Å². The fourth-order valence-corrected chi connectivity index (χ4v) is 2.57. The minimum atomic E-state index is 0.229. The van der Waals surface area contributed by atoms with Crippen LogP contribution in [-0.2, 0) is 4.79 Å². The molecule has 0 spiro atoms. The monoisotopic (exact) mass is 259 g/mol. The van der Waals surface area contributed by atoms with Gasteiger partial charge in [0, 0.05) is 18.2 Å². The van der Waals surface area contributed by atoms with E-state index < -0.39 is 0 Å². The van der Waals surface area contributed by atoms with Crippen molar-refractivity contribution in [1.29, 1.82) is 0 Å². The third-order valence-corrected chi connectivity index (χ3v) is 4.44. The summed E-state index contributed by atoms with van der Waals surface area (Å²) < 4.78 is 0. The molecular formula is C14H29NOS. The van der Waals surface area contributed by atoms with Crippen LogP contribution in [0.25, 0.3) is 0 Å². The number of thioether (sulfide) groups is 1. The molecule has 0 aliphatic heterocycles. The number of unbranched alkanes of at least 4 members (excludes halogenated alkanes) is 1. The first-order valence-electron chi connectivity index (χ1n) is 6.97. The lowest BCUT2D eigenvalue weighted by Gasteiger charge is -2.16. The van der Waals surface area contributed by atoms with E-state index in [4.69, 9.17) is 0 Å². The molecule has 1 N–H and O–H groups in total. The molecule has 102 valence electrons. The summed E-state index contributed by atoms with van der Waals surface area (Å²) in [6, 6.07) is 0. The molecule has 0 fully saturated rings. The van der Waals surface area contributed by atoms with Crippen LogP contribution < -0.4 is 5.32 Å². The standard InChI is InChI=1S/C14H29NOS/c1-5-8-9-13(17-4)10-14(16)15-11-12(6-2)7-3/h12-13H,5-11H2,1-4H3,(H,15,16). The maximum Gasteiger partial charge on any atom is 0.221 e. The predicted molar refractivity (Wildman–Crippen MR) is 78.5 cm³/mol. The third kappa shape index (κ3) is 8.53. The van der Waals surface area contributed by atoms with Crippen molar-refractivity contribution in [1.82, 2.24) is 5.32 Å². The average molecular weight is 259 g/mol. The zero-order chi connectivity index (χ0) is 13.1. The van der Waals surface area contributed by atoms with Crippen molar-refractivity contribution in [2.45, 2.75) is 64.5 Å². The van der Waals surface area contributed by atoms with Crippen LogP contribution >= 0.6 is 11.8 Å². The van der Waals surface area contributed by atoms with Crippen molar-refractivity contribution in [3.05, 3.63) is 0 Å². The second-order valence-corrected chi connectivity index (χ2v) is 5.83. The third-order valence-electron chi connectivity index (χ3n) is 3.37. The van der Waals surface area contributed by atoms with Gasteiger partial charge >= 0.3 is 0 Å². The van der Waals surface area contributed by atoms with Crippen LogP contribution in [0, 0.1) is 5.92 Å². The largest absolute Gasteiger partial charge is 0.356 e. The Balaban J connectivity index is 3.81. The Kier molecular flexibility index (Phi) is 10.8. The van der Waals surface area contributed by atoms with Gasteiger partial charge in [0.25, 0.3) is 0 Å². The molecule has 0 saturated heterocycles. The van der Waals surface area contributed by atoms with Gasteiger partial charge in [-0.05, 0) is 18.6 Å². The molecule has 0 radical (unpaired) electrons. The summed E-state index contributed by atoms with van der Waals surface area (Å²) in [7, 11) is 0. The van der Waals surface area contributed by atoms with Crippen molar-refractivity contribution < 1.29 is 4.79 Å². The Morgan fingerprint density at radius 1 is 1.24 bits per heavy atom. The van der Waals surface area contributed by atoms with Crippen LogP contribution in [0.3, 0.4) is 0 Å². The number of hydrogen-bond acceptors (Lipinski definition) is 2. The number of rotatable bonds is 10. The van der Waals surface area contributed by atoms with Gasteiger partial charge in [0.1, 0.15) is 0 Å². The first-order chi connectivity index (χ1) is 8.17. The van der Waals surface area contributed by atoms with Crippen LogP contribution in [0.2, 0.25) is 0 Å². The summed E-state index contributed by atoms with van der Waals surface area (Å²) in [6.45, 7) is 7.42. The maximum atomic E-state index is 11.8. The van der Waals surface area contributed by atoms with Crippen molar-refractivity contribution in [3.8, 4) is 0 Å². The second kappa shape index (κ2) is 10.9. The molecule has 2 nitrogen and oxygen atoms in total. The SMILES string of the molecule is CCCCC(CC(=O)NCC(CC)CC)SC. The summed E-state index contributed by atoms with van der Waals surface area (Å²) in [4.78, 5) is 11.8. The lowest BCUT2D eigenvalue weighted by Crippen LogP contribution is -2.30. The first-order valence-corrected chi connectivity index (χ1v) is 8.26. The van der Waals surface area contributed by atoms with Crippen molar-refractivity contribution in [2.24, 2.45) is 5.92 Å². The molecule has 0 aliphatic carbocycles. The fraction of sp³-hybridized carbons (Fsp3) is 0.929. The van der Waals surface area contributed by atoms with Crippen molar-refractivity contribution in [2.75, 3.05) is 12.8 Å². The fourth-order valence-electron chi connectivity index (χ4n) is 1.85. The Bertz CT molecular complexity index is 193. The number of hydrogen-bond donors (Lipinski definition) is 1. The number of nitrogens with one attached hydrogen (secondary N) is 1. The normalized spacial score (nSPS) is 12.8. The Morgan fingerprint density at radius 3 is 2.35 bits per heavy atom. The minimum Gasteiger partial charge on any atom is -0.356 e. The molecule has 0 aromatic heterocycles. The summed E-state index contributed by atoms with van der Waals surface area (Å²) in [5.74, 6) is 0.870. The van der Waals surface area contributed by atoms with Gasteiger partial charge in [-0.25, -0.2) is 0 Å². The zero-order valence-electron chi connectivity index (χ0n) is 11.9. The van der Waals surface area contributed by atoms with E-state index in [2.05, 4.69) is 32.3 Å². The molecule has 0 rings (SSSR count). The van der Waals surface area contributed by atoms with Crippen LogP contribution in [0.1, 0.15) is 59.3 Å². The highest BCUT2D eigenvalue weighted by Crippen LogP contribution is 2.18. The topological polar surface area (TPSA) is 29.1 Å². The smallest absolute Gasteiger partial charge is 0.221 e. The second-order valence-electron chi connectivity index (χ2n) is 4.69. The minimum absolute atomic E-state index is 0.229. The van der Waals surface area contributed by atoms with Gasteiger partial charge in [0.15, 0.2) is 0 Å². The van der Waals surface area contributed by atoms with Crippen LogP contribution in [0.4, 0.5) is 0 Å². The molecule has 1 amide bonds. The molecular weight excluding hydrogens is 230 g/mol. The molecule has 3 heteroatoms. The van der Waals surface area contributed by atoms with E-state index in [9.17, 15) is 4.79 Å². The van der Waals surface area contributed by atoms with E-state index in [1.54, 1.807) is 0 Å². The van der Waals surface area contributed by atoms with E-state index in [-0.39, 0.29) is 5.91 Å². The highest BCUT2D eigenvalue weighted by atomic mass is 32.2. The predicted octanol–water partition coefficient (Wildman–Crippen LogP) is 3.85. The van der Waals surface area contributed by atoms with E-state index in [1.807, 2.05) is 11.8 Å². The van der Waals surface area contributed by atoms with E-state index in [1.165, 1.54) is 12.8 Å². The summed E-state index contributed by atoms with van der Waals surface area (Å²) in [5, 5.41) is 3.57. The van der Waals surface area contributed by atoms with Gasteiger partial charge in [0.05, 0.1) is 0 Å². The Morgan fingerprint density at radius 2 is 1.88 bits per heavy atom. The maximum absolute atomic E-state index is 11.8. The zero-order valence-corrected chi connectivity index (χ0v) is 12.7. The van der Waals surface area contributed by atoms with Crippen LogP contribution in [0.5, 0.6) is 0 Å². The summed E-state index contributed by atoms with van der Waals surface area (Å²) in [5.41, 5.74) is 0. The van der Waals surface area contributed by atoms with E-state index >= 15 is 0 Å². The quantitative estimate of drug-likeness (QED) is 0.645. The number of amides is 1. The molecule has 1 atom stereocenters. The van der Waals surface area contributed by atoms with Gasteiger partial charge in [-0.2, -0.15) is 11.8 Å². The van der Waals surface area contributed by atoms with E-state index in [0.29, 0.717) is 17.6 Å². The molecule has 0 saturated carbocycles. The van der Waals surface area contributed by atoms with Crippen molar-refractivity contribution in [3.63, 3.8) is 0 Å². The lowest BCUT2D eigenvalue weighted by atomic mass is 10.0. The summed E-state index contributed by atoms with van der Waals surface area (Å²) in [6.07, 6.45) is 8.70. The molecule has 0 aliphatic rings. The van der Waals surface area contributed by atoms with Crippen molar-refractivity contribution >= 4 is 17.7 Å². The van der Waals surface area contributed by atoms with E-state index in [0.717, 1.165) is 25.8 Å². The number of carbonyl (C=O) groups excluding carboxylic acids is 1. The molecule has 0 aromatic rings. The van der Waals surface area contributed by atoms with Gasteiger partial charge in [0.2, 0.25) is 5.91 Å². The van der Waals surface area contributed by atoms with Crippen LogP contribution in [-0.4, -0.2) is 24.0 Å². The molecule has 17 heavy (non-hydrogen) atoms. The molecule has 0 bridgehead atoms. The number of carbonyl (C=O) groups is 1. The molecule has 1 unspecified atom stereocenters. The summed E-state index contributed by atoms with van der Waals surface area (Å²) >= 11 is 1.82. The van der Waals surface area contributed by atoms with Crippen LogP contribution in [0.15, 0.2) is 0 Å². The Hall–Kier alpha value is -0.180. The first kappa shape index (κ1) is 16.8.